The first-order valence-electron chi connectivity index (χ1n) is 13.1. The van der Waals surface area contributed by atoms with E-state index in [1.165, 1.54) is 20.3 Å². The molecule has 2 aliphatic heterocycles. The number of hydrogen-bond acceptors (Lipinski definition) is 7. The van der Waals surface area contributed by atoms with E-state index < -0.39 is 35.2 Å². The van der Waals surface area contributed by atoms with E-state index >= 15 is 0 Å². The van der Waals surface area contributed by atoms with Crippen molar-refractivity contribution in [3.05, 3.63) is 76.9 Å². The van der Waals surface area contributed by atoms with Crippen molar-refractivity contribution in [3.8, 4) is 17.2 Å². The lowest BCUT2D eigenvalue weighted by Gasteiger charge is -2.25. The van der Waals surface area contributed by atoms with E-state index in [2.05, 4.69) is 4.99 Å². The maximum atomic E-state index is 13.6. The quantitative estimate of drug-likeness (QED) is 0.275. The maximum absolute atomic E-state index is 13.6. The predicted octanol–water partition coefficient (Wildman–Crippen LogP) is 6.62. The van der Waals surface area contributed by atoms with Gasteiger partial charge in [0.25, 0.3) is 0 Å². The Labute approximate surface area is 239 Å². The Morgan fingerprint density at radius 3 is 2.29 bits per heavy atom. The summed E-state index contributed by atoms with van der Waals surface area (Å²) in [6.45, 7) is 2.60. The summed E-state index contributed by atoms with van der Waals surface area (Å²) in [4.78, 5) is 5.01. The molecular formula is C30H30F3NO6S. The number of methoxy groups -OCH3 is 2. The standard InChI is InChI=1S/C30H30F3NO6S/c1-18-7-10-21(11-8-18)41(35)26-16-20(30(31,32)33)9-12-22(26)29-34-23(17-39-29)19-14-24(36-2)28(25(15-19)37-3)40-27-6-4-5-13-38-27/h7-12,14-16,23,27H,4-6,13,17H2,1-3H3/t23-,27+,41+/m1/s1. The number of hydrogen-bond donors (Lipinski definition) is 0. The van der Waals surface area contributed by atoms with Gasteiger partial charge in [-0.3, -0.25) is 0 Å². The van der Waals surface area contributed by atoms with Gasteiger partial charge in [0.1, 0.15) is 12.6 Å². The first-order valence-corrected chi connectivity index (χ1v) is 14.3. The third kappa shape index (κ3) is 6.42. The average molecular weight is 590 g/mol. The Hall–Kier alpha value is -3.41. The molecule has 11 heteroatoms. The van der Waals surface area contributed by atoms with Gasteiger partial charge >= 0.3 is 6.18 Å². The highest BCUT2D eigenvalue weighted by Gasteiger charge is 2.36. The smallest absolute Gasteiger partial charge is 0.416 e. The minimum atomic E-state index is -4.61. The van der Waals surface area contributed by atoms with E-state index in [1.54, 1.807) is 36.4 Å². The molecule has 2 heterocycles. The third-order valence-electron chi connectivity index (χ3n) is 6.88. The molecule has 3 aromatic rings. The van der Waals surface area contributed by atoms with E-state index in [9.17, 15) is 17.7 Å². The first-order chi connectivity index (χ1) is 19.7. The minimum Gasteiger partial charge on any atom is -0.606 e. The summed E-state index contributed by atoms with van der Waals surface area (Å²) >= 11 is -1.91. The molecule has 3 atom stereocenters. The number of ether oxygens (including phenoxy) is 5. The van der Waals surface area contributed by atoms with Crippen LogP contribution in [0, 0.1) is 6.92 Å². The second-order valence-corrected chi connectivity index (χ2v) is 11.2. The zero-order valence-electron chi connectivity index (χ0n) is 22.8. The lowest BCUT2D eigenvalue weighted by molar-refractivity contribution is -0.137. The fraction of sp³-hybridized carbons (Fsp3) is 0.367. The average Bonchev–Trinajstić information content (AvgIpc) is 3.47. The normalized spacial score (nSPS) is 19.7. The molecular weight excluding hydrogens is 559 g/mol. The molecule has 7 nitrogen and oxygen atoms in total. The van der Waals surface area contributed by atoms with Crippen molar-refractivity contribution in [3.63, 3.8) is 0 Å². The number of alkyl halides is 3. The summed E-state index contributed by atoms with van der Waals surface area (Å²) in [6, 6.07) is 12.9. The van der Waals surface area contributed by atoms with E-state index in [0.29, 0.717) is 34.3 Å². The zero-order chi connectivity index (χ0) is 29.1. The van der Waals surface area contributed by atoms with Crippen LogP contribution >= 0.6 is 0 Å². The molecule has 0 radical (unpaired) electrons. The topological polar surface area (TPSA) is 81.6 Å². The fourth-order valence-corrected chi connectivity index (χ4v) is 5.88. The lowest BCUT2D eigenvalue weighted by Crippen LogP contribution is -2.25. The number of aliphatic imine (C=N–C) groups is 1. The van der Waals surface area contributed by atoms with E-state index in [0.717, 1.165) is 37.0 Å². The van der Waals surface area contributed by atoms with Crippen LogP contribution in [0.15, 0.2) is 69.4 Å². The van der Waals surface area contributed by atoms with Gasteiger partial charge in [-0.25, -0.2) is 4.99 Å². The molecule has 0 amide bonds. The van der Waals surface area contributed by atoms with Crippen LogP contribution in [0.25, 0.3) is 0 Å². The van der Waals surface area contributed by atoms with Crippen LogP contribution in [0.1, 0.15) is 47.6 Å². The van der Waals surface area contributed by atoms with Crippen LogP contribution in [0.5, 0.6) is 17.2 Å². The Morgan fingerprint density at radius 2 is 1.68 bits per heavy atom. The molecule has 0 bridgehead atoms. The molecule has 218 valence electrons. The summed E-state index contributed by atoms with van der Waals surface area (Å²) < 4.78 is 83.2. The van der Waals surface area contributed by atoms with Gasteiger partial charge < -0.3 is 28.2 Å². The van der Waals surface area contributed by atoms with Crippen molar-refractivity contribution >= 4 is 17.1 Å². The highest BCUT2D eigenvalue weighted by atomic mass is 32.2. The van der Waals surface area contributed by atoms with Crippen LogP contribution < -0.4 is 14.2 Å². The largest absolute Gasteiger partial charge is 0.606 e. The van der Waals surface area contributed by atoms with Crippen LogP contribution in [0.2, 0.25) is 0 Å². The number of nitrogens with zero attached hydrogens (tertiary/aromatic N) is 1. The second-order valence-electron chi connectivity index (χ2n) is 9.72. The molecule has 5 rings (SSSR count). The highest BCUT2D eigenvalue weighted by Crippen LogP contribution is 2.43. The molecule has 1 fully saturated rings. The van der Waals surface area contributed by atoms with Gasteiger partial charge in [0, 0.05) is 23.7 Å². The Kier molecular flexibility index (Phi) is 8.67. The number of rotatable bonds is 8. The summed E-state index contributed by atoms with van der Waals surface area (Å²) in [5, 5.41) is 0. The Bertz CT molecular complexity index is 1380. The van der Waals surface area contributed by atoms with Gasteiger partial charge in [-0.15, -0.1) is 0 Å². The van der Waals surface area contributed by atoms with Crippen LogP contribution in [-0.4, -0.2) is 44.2 Å². The number of benzene rings is 3. The molecule has 0 spiro atoms. The molecule has 41 heavy (non-hydrogen) atoms. The highest BCUT2D eigenvalue weighted by molar-refractivity contribution is 7.91. The predicted molar refractivity (Wildman–Crippen MR) is 146 cm³/mol. The number of halogens is 3. The summed E-state index contributed by atoms with van der Waals surface area (Å²) in [6.07, 6.45) is -2.30. The van der Waals surface area contributed by atoms with Gasteiger partial charge in [0.15, 0.2) is 27.6 Å². The van der Waals surface area contributed by atoms with Gasteiger partial charge in [-0.05, 0) is 61.7 Å². The lowest BCUT2D eigenvalue weighted by atomic mass is 10.1. The van der Waals surface area contributed by atoms with Crippen LogP contribution in [-0.2, 0) is 26.8 Å². The molecule has 1 saturated heterocycles. The van der Waals surface area contributed by atoms with Gasteiger partial charge in [0.2, 0.25) is 11.6 Å². The molecule has 0 N–H and O–H groups in total. The second kappa shape index (κ2) is 12.2. The summed E-state index contributed by atoms with van der Waals surface area (Å²) in [7, 11) is 3.03. The SMILES string of the molecule is COc1cc([C@H]2COC(c3ccc(C(F)(F)F)cc3[S@@+]([O-])c3ccc(C)cc3)=N2)cc(OC)c1O[C@H]1CCCCO1. The summed E-state index contributed by atoms with van der Waals surface area (Å²) in [5.74, 6) is 1.36. The van der Waals surface area contributed by atoms with Crippen molar-refractivity contribution < 1.29 is 41.4 Å². The minimum absolute atomic E-state index is 0.0329. The third-order valence-corrected chi connectivity index (χ3v) is 8.32. The van der Waals surface area contributed by atoms with Crippen molar-refractivity contribution in [1.29, 1.82) is 0 Å². The van der Waals surface area contributed by atoms with E-state index in [-0.39, 0.29) is 23.0 Å². The van der Waals surface area contributed by atoms with Crippen molar-refractivity contribution in [1.82, 2.24) is 0 Å². The zero-order valence-corrected chi connectivity index (χ0v) is 23.6. The number of aryl methyl sites for hydroxylation is 1. The van der Waals surface area contributed by atoms with Gasteiger partial charge in [-0.2, -0.15) is 13.2 Å². The fourth-order valence-electron chi connectivity index (χ4n) is 4.65. The molecule has 0 aromatic heterocycles. The first kappa shape index (κ1) is 29.1. The van der Waals surface area contributed by atoms with Crippen LogP contribution in [0.4, 0.5) is 13.2 Å². The molecule has 3 aromatic carbocycles. The van der Waals surface area contributed by atoms with E-state index in [1.807, 2.05) is 6.92 Å². The van der Waals surface area contributed by atoms with Crippen molar-refractivity contribution in [2.45, 2.75) is 54.5 Å². The van der Waals surface area contributed by atoms with Crippen molar-refractivity contribution in [2.75, 3.05) is 27.4 Å². The van der Waals surface area contributed by atoms with E-state index in [4.69, 9.17) is 23.7 Å². The molecule has 0 saturated carbocycles. The summed E-state index contributed by atoms with van der Waals surface area (Å²) in [5.41, 5.74) is 0.959. The molecule has 0 aliphatic carbocycles. The molecule has 2 aliphatic rings. The van der Waals surface area contributed by atoms with Crippen LogP contribution in [0.3, 0.4) is 0 Å². The van der Waals surface area contributed by atoms with Gasteiger partial charge in [0.05, 0.1) is 32.0 Å². The maximum Gasteiger partial charge on any atom is 0.416 e. The van der Waals surface area contributed by atoms with Crippen molar-refractivity contribution in [2.24, 2.45) is 4.99 Å². The Balaban J connectivity index is 1.49. The van der Waals surface area contributed by atoms with Gasteiger partial charge in [-0.1, -0.05) is 17.7 Å². The molecule has 0 unspecified atom stereocenters. The Morgan fingerprint density at radius 1 is 0.976 bits per heavy atom. The monoisotopic (exact) mass is 589 g/mol.